The van der Waals surface area contributed by atoms with Gasteiger partial charge in [0.1, 0.15) is 5.84 Å². The van der Waals surface area contributed by atoms with Crippen LogP contribution in [0, 0.1) is 5.92 Å². The first kappa shape index (κ1) is 22.2. The zero-order chi connectivity index (χ0) is 20.6. The maximum atomic E-state index is 13.7. The molecule has 1 saturated heterocycles. The molecule has 2 unspecified atom stereocenters. The van der Waals surface area contributed by atoms with Gasteiger partial charge in [0, 0.05) is 56.2 Å². The van der Waals surface area contributed by atoms with Gasteiger partial charge in [-0.1, -0.05) is 12.7 Å². The van der Waals surface area contributed by atoms with Crippen LogP contribution in [0.4, 0.5) is 8.78 Å². The van der Waals surface area contributed by atoms with Crippen LogP contribution in [0.2, 0.25) is 0 Å². The summed E-state index contributed by atoms with van der Waals surface area (Å²) in [4.78, 5) is 23.0. The van der Waals surface area contributed by atoms with Gasteiger partial charge in [-0.2, -0.15) is 0 Å². The quantitative estimate of drug-likeness (QED) is 0.706. The van der Waals surface area contributed by atoms with Gasteiger partial charge in [-0.3, -0.25) is 9.79 Å². The number of allylic oxidation sites excluding steroid dienone is 1. The van der Waals surface area contributed by atoms with Gasteiger partial charge in [0.15, 0.2) is 0 Å². The third kappa shape index (κ3) is 7.17. The Morgan fingerprint density at radius 1 is 1.43 bits per heavy atom. The lowest BCUT2D eigenvalue weighted by atomic mass is 9.94. The number of alkyl halides is 2. The molecule has 2 aliphatic heterocycles. The van der Waals surface area contributed by atoms with E-state index in [2.05, 4.69) is 28.6 Å². The predicted molar refractivity (Wildman–Crippen MR) is 110 cm³/mol. The summed E-state index contributed by atoms with van der Waals surface area (Å²) in [6, 6.07) is -0.0110. The van der Waals surface area contributed by atoms with E-state index in [-0.39, 0.29) is 37.3 Å². The normalized spacial score (nSPS) is 24.7. The van der Waals surface area contributed by atoms with E-state index >= 15 is 0 Å². The minimum Gasteiger partial charge on any atom is -0.360 e. The molecule has 0 aromatic rings. The molecule has 0 bridgehead atoms. The topological polar surface area (TPSA) is 57.1 Å². The molecule has 0 radical (unpaired) electrons. The van der Waals surface area contributed by atoms with Crippen LogP contribution in [0.3, 0.4) is 0 Å². The summed E-state index contributed by atoms with van der Waals surface area (Å²) in [7, 11) is 0. The highest BCUT2D eigenvalue weighted by atomic mass is 19.3. The minimum atomic E-state index is -2.62. The van der Waals surface area contributed by atoms with E-state index in [1.807, 2.05) is 17.9 Å². The average molecular weight is 395 g/mol. The fourth-order valence-electron chi connectivity index (χ4n) is 3.66. The highest BCUT2D eigenvalue weighted by Crippen LogP contribution is 2.30. The van der Waals surface area contributed by atoms with Crippen molar-refractivity contribution in [2.24, 2.45) is 15.9 Å². The van der Waals surface area contributed by atoms with Gasteiger partial charge >= 0.3 is 0 Å². The summed E-state index contributed by atoms with van der Waals surface area (Å²) in [5.41, 5.74) is 0.764. The summed E-state index contributed by atoms with van der Waals surface area (Å²) < 4.78 is 27.5. The van der Waals surface area contributed by atoms with Gasteiger partial charge in [-0.25, -0.2) is 13.8 Å². The maximum absolute atomic E-state index is 13.7. The van der Waals surface area contributed by atoms with Crippen molar-refractivity contribution in [3.05, 3.63) is 24.6 Å². The highest BCUT2D eigenvalue weighted by Gasteiger charge is 2.34. The number of rotatable bonds is 5. The first-order valence-corrected chi connectivity index (χ1v) is 10.1. The molecule has 0 saturated carbocycles. The second-order valence-corrected chi connectivity index (χ2v) is 7.80. The fraction of sp³-hybridized carbons (Fsp3) is 0.667. The molecule has 1 amide bonds. The van der Waals surface area contributed by atoms with Crippen LogP contribution in [0.5, 0.6) is 0 Å². The molecule has 7 heteroatoms. The number of carbonyl (C=O) groups is 1. The van der Waals surface area contributed by atoms with Gasteiger partial charge in [-0.15, -0.1) is 0 Å². The average Bonchev–Trinajstić information content (AvgIpc) is 2.78. The number of amidine groups is 1. The molecule has 28 heavy (non-hydrogen) atoms. The van der Waals surface area contributed by atoms with Crippen molar-refractivity contribution in [1.82, 2.24) is 10.2 Å². The number of hydrogen-bond donors (Lipinski definition) is 1. The summed E-state index contributed by atoms with van der Waals surface area (Å²) in [6.07, 6.45) is 7.10. The molecule has 2 aliphatic rings. The highest BCUT2D eigenvalue weighted by molar-refractivity contribution is 5.89. The van der Waals surface area contributed by atoms with Gasteiger partial charge in [0.25, 0.3) is 0 Å². The molecule has 0 aromatic carbocycles. The van der Waals surface area contributed by atoms with Gasteiger partial charge < -0.3 is 10.2 Å². The SMILES string of the molecule is C=N/C=C\CC(C)NC(=O)C1CCCC(=C)N=C(N2CCCC(F)(F)CC2)C1. The molecule has 0 aromatic heterocycles. The molecule has 2 atom stereocenters. The molecular weight excluding hydrogens is 362 g/mol. The van der Waals surface area contributed by atoms with Crippen LogP contribution >= 0.6 is 0 Å². The van der Waals surface area contributed by atoms with Crippen molar-refractivity contribution in [2.75, 3.05) is 13.1 Å². The van der Waals surface area contributed by atoms with Crippen molar-refractivity contribution in [2.45, 2.75) is 70.3 Å². The van der Waals surface area contributed by atoms with Crippen molar-refractivity contribution in [3.8, 4) is 0 Å². The number of aliphatic imine (C=N–C) groups is 2. The predicted octanol–water partition coefficient (Wildman–Crippen LogP) is 4.32. The first-order valence-electron chi connectivity index (χ1n) is 10.1. The number of nitrogens with zero attached hydrogens (tertiary/aromatic N) is 3. The Labute approximate surface area is 166 Å². The van der Waals surface area contributed by atoms with E-state index in [9.17, 15) is 13.6 Å². The number of nitrogens with one attached hydrogen (secondary N) is 1. The lowest BCUT2D eigenvalue weighted by molar-refractivity contribution is -0.125. The van der Waals surface area contributed by atoms with E-state index < -0.39 is 5.92 Å². The zero-order valence-corrected chi connectivity index (χ0v) is 16.8. The van der Waals surface area contributed by atoms with Crippen LogP contribution in [0.15, 0.2) is 34.5 Å². The van der Waals surface area contributed by atoms with E-state index in [0.29, 0.717) is 25.8 Å². The fourth-order valence-corrected chi connectivity index (χ4v) is 3.66. The Morgan fingerprint density at radius 2 is 2.21 bits per heavy atom. The second-order valence-electron chi connectivity index (χ2n) is 7.80. The molecule has 2 heterocycles. The van der Waals surface area contributed by atoms with Crippen molar-refractivity contribution in [3.63, 3.8) is 0 Å². The van der Waals surface area contributed by atoms with Gasteiger partial charge in [-0.05, 0) is 45.7 Å². The maximum Gasteiger partial charge on any atom is 0.249 e. The molecule has 5 nitrogen and oxygen atoms in total. The van der Waals surface area contributed by atoms with Crippen LogP contribution in [0.1, 0.15) is 58.3 Å². The summed E-state index contributed by atoms with van der Waals surface area (Å²) in [5, 5.41) is 3.05. The molecule has 0 aliphatic carbocycles. The van der Waals surface area contributed by atoms with Crippen LogP contribution < -0.4 is 5.32 Å². The third-order valence-corrected chi connectivity index (χ3v) is 5.28. The Bertz CT molecular complexity index is 630. The van der Waals surface area contributed by atoms with Crippen molar-refractivity contribution >= 4 is 18.5 Å². The monoisotopic (exact) mass is 394 g/mol. The number of hydrogen-bond acceptors (Lipinski definition) is 4. The number of halogens is 2. The lowest BCUT2D eigenvalue weighted by Gasteiger charge is -2.29. The standard InChI is InChI=1S/C21H32F2N4O/c1-16-7-4-9-18(20(28)26-17(2)8-5-12-24-3)15-19(25-16)27-13-6-10-21(22,23)11-14-27/h5,12,17-18H,1,3-4,6-11,13-15H2,2H3,(H,26,28)/b12-5-,25-19?. The van der Waals surface area contributed by atoms with Crippen molar-refractivity contribution < 1.29 is 13.6 Å². The van der Waals surface area contributed by atoms with Crippen LogP contribution in [-0.4, -0.2) is 48.4 Å². The molecular formula is C21H32F2N4O. The van der Waals surface area contributed by atoms with Crippen LogP contribution in [0.25, 0.3) is 0 Å². The zero-order valence-electron chi connectivity index (χ0n) is 16.8. The third-order valence-electron chi connectivity index (χ3n) is 5.28. The molecule has 2 rings (SSSR count). The summed E-state index contributed by atoms with van der Waals surface area (Å²) >= 11 is 0. The molecule has 1 N–H and O–H groups in total. The smallest absolute Gasteiger partial charge is 0.249 e. The van der Waals surface area contributed by atoms with Crippen LogP contribution in [-0.2, 0) is 4.79 Å². The molecule has 0 spiro atoms. The Morgan fingerprint density at radius 3 is 2.96 bits per heavy atom. The van der Waals surface area contributed by atoms with Crippen molar-refractivity contribution in [1.29, 1.82) is 0 Å². The lowest BCUT2D eigenvalue weighted by Crippen LogP contribution is -2.41. The van der Waals surface area contributed by atoms with E-state index in [4.69, 9.17) is 0 Å². The number of carbonyl (C=O) groups excluding carboxylic acids is 1. The largest absolute Gasteiger partial charge is 0.360 e. The Balaban J connectivity index is 2.05. The molecule has 1 fully saturated rings. The van der Waals surface area contributed by atoms with Gasteiger partial charge in [0.2, 0.25) is 11.8 Å². The molecule has 156 valence electrons. The van der Waals surface area contributed by atoms with Gasteiger partial charge in [0.05, 0.1) is 0 Å². The van der Waals surface area contributed by atoms with E-state index in [1.54, 1.807) is 6.20 Å². The van der Waals surface area contributed by atoms with E-state index in [0.717, 1.165) is 30.8 Å². The Kier molecular flexibility index (Phi) is 8.33. The summed E-state index contributed by atoms with van der Waals surface area (Å²) in [5.74, 6) is -2.10. The van der Waals surface area contributed by atoms with E-state index in [1.165, 1.54) is 0 Å². The second kappa shape index (κ2) is 10.5. The number of likely N-dealkylation sites (tertiary alicyclic amines) is 1. The Hall–Kier alpha value is -2.05. The minimum absolute atomic E-state index is 0.00664. The number of amides is 1. The summed E-state index contributed by atoms with van der Waals surface area (Å²) in [6.45, 7) is 10.1. The first-order chi connectivity index (χ1) is 13.3.